The quantitative estimate of drug-likeness (QED) is 0.554. The number of fused-ring (bicyclic) bond motifs is 1. The number of hydrogen-bond donors (Lipinski definition) is 2. The Morgan fingerprint density at radius 2 is 2.12 bits per heavy atom. The number of ether oxygens (including phenoxy) is 1. The van der Waals surface area contributed by atoms with Gasteiger partial charge in [0.15, 0.2) is 5.96 Å². The Kier molecular flexibility index (Phi) is 4.69. The summed E-state index contributed by atoms with van der Waals surface area (Å²) in [6, 6.07) is 9.66. The Labute approximate surface area is 140 Å². The highest BCUT2D eigenvalue weighted by Crippen LogP contribution is 2.20. The predicted octanol–water partition coefficient (Wildman–Crippen LogP) is 2.04. The van der Waals surface area contributed by atoms with Gasteiger partial charge in [0, 0.05) is 20.2 Å². The summed E-state index contributed by atoms with van der Waals surface area (Å²) < 4.78 is 12.6. The van der Waals surface area contributed by atoms with Gasteiger partial charge in [-0.1, -0.05) is 0 Å². The number of rotatable bonds is 5. The van der Waals surface area contributed by atoms with Gasteiger partial charge in [-0.15, -0.1) is 0 Å². The molecule has 1 aromatic carbocycles. The molecule has 24 heavy (non-hydrogen) atoms. The van der Waals surface area contributed by atoms with E-state index in [-0.39, 0.29) is 0 Å². The van der Waals surface area contributed by atoms with E-state index in [9.17, 15) is 0 Å². The standard InChI is InChI=1S/C17H21N5O2/c1-18-17(19-10-13-5-4-8-24-13)20-11-16-21-14-9-12(23-3)6-7-15(14)22(16)2/h4-9H,10-11H2,1-3H3,(H2,18,19,20). The second kappa shape index (κ2) is 7.08. The average molecular weight is 327 g/mol. The van der Waals surface area contributed by atoms with E-state index in [4.69, 9.17) is 9.15 Å². The monoisotopic (exact) mass is 327 g/mol. The van der Waals surface area contributed by atoms with Crippen molar-refractivity contribution in [2.24, 2.45) is 12.0 Å². The van der Waals surface area contributed by atoms with E-state index in [0.717, 1.165) is 28.4 Å². The second-order valence-electron chi connectivity index (χ2n) is 5.30. The minimum Gasteiger partial charge on any atom is -0.497 e. The SMILES string of the molecule is CN=C(NCc1ccco1)NCc1nc2cc(OC)ccc2n1C. The number of hydrogen-bond acceptors (Lipinski definition) is 4. The number of imidazole rings is 1. The Morgan fingerprint density at radius 3 is 2.83 bits per heavy atom. The first-order chi connectivity index (χ1) is 11.7. The number of aliphatic imine (C=N–C) groups is 1. The summed E-state index contributed by atoms with van der Waals surface area (Å²) in [6.07, 6.45) is 1.65. The molecule has 2 aromatic heterocycles. The molecule has 0 spiro atoms. The van der Waals surface area contributed by atoms with Gasteiger partial charge in [-0.2, -0.15) is 0 Å². The van der Waals surface area contributed by atoms with E-state index in [1.165, 1.54) is 0 Å². The third-order valence-corrected chi connectivity index (χ3v) is 3.83. The molecule has 0 saturated carbocycles. The van der Waals surface area contributed by atoms with Crippen LogP contribution in [0.2, 0.25) is 0 Å². The summed E-state index contributed by atoms with van der Waals surface area (Å²) in [7, 11) is 5.39. The summed E-state index contributed by atoms with van der Waals surface area (Å²) in [4.78, 5) is 8.87. The second-order valence-corrected chi connectivity index (χ2v) is 5.30. The molecule has 126 valence electrons. The summed E-state index contributed by atoms with van der Waals surface area (Å²) in [5.41, 5.74) is 1.97. The zero-order chi connectivity index (χ0) is 16.9. The lowest BCUT2D eigenvalue weighted by Crippen LogP contribution is -2.36. The van der Waals surface area contributed by atoms with Gasteiger partial charge in [0.05, 0.1) is 37.5 Å². The molecule has 3 rings (SSSR count). The number of methoxy groups -OCH3 is 1. The Hall–Kier alpha value is -2.96. The van der Waals surface area contributed by atoms with Crippen LogP contribution >= 0.6 is 0 Å². The first-order valence-corrected chi connectivity index (χ1v) is 7.67. The topological polar surface area (TPSA) is 76.6 Å². The summed E-state index contributed by atoms with van der Waals surface area (Å²) in [5.74, 6) is 3.26. The fourth-order valence-electron chi connectivity index (χ4n) is 2.48. The lowest BCUT2D eigenvalue weighted by atomic mass is 10.3. The van der Waals surface area contributed by atoms with Gasteiger partial charge in [0.2, 0.25) is 0 Å². The van der Waals surface area contributed by atoms with Crippen molar-refractivity contribution in [3.8, 4) is 5.75 Å². The van der Waals surface area contributed by atoms with Gasteiger partial charge in [-0.3, -0.25) is 4.99 Å². The van der Waals surface area contributed by atoms with E-state index >= 15 is 0 Å². The smallest absolute Gasteiger partial charge is 0.191 e. The lowest BCUT2D eigenvalue weighted by Gasteiger charge is -2.10. The van der Waals surface area contributed by atoms with E-state index in [2.05, 4.69) is 25.2 Å². The summed E-state index contributed by atoms with van der Waals surface area (Å²) in [5, 5.41) is 6.46. The van der Waals surface area contributed by atoms with Gasteiger partial charge < -0.3 is 24.4 Å². The highest BCUT2D eigenvalue weighted by atomic mass is 16.5. The normalized spacial score (nSPS) is 11.7. The van der Waals surface area contributed by atoms with Gasteiger partial charge in [0.1, 0.15) is 17.3 Å². The maximum Gasteiger partial charge on any atom is 0.191 e. The van der Waals surface area contributed by atoms with Crippen LogP contribution in [0.1, 0.15) is 11.6 Å². The fourth-order valence-corrected chi connectivity index (χ4v) is 2.48. The molecule has 0 bridgehead atoms. The molecular formula is C17H21N5O2. The molecule has 0 aliphatic carbocycles. The molecule has 7 nitrogen and oxygen atoms in total. The van der Waals surface area contributed by atoms with Crippen molar-refractivity contribution in [2.45, 2.75) is 13.1 Å². The Balaban J connectivity index is 1.66. The molecule has 3 aromatic rings. The highest BCUT2D eigenvalue weighted by molar-refractivity contribution is 5.80. The maximum absolute atomic E-state index is 5.30. The molecule has 0 saturated heterocycles. The van der Waals surface area contributed by atoms with Gasteiger partial charge in [-0.05, 0) is 24.3 Å². The number of furan rings is 1. The average Bonchev–Trinajstić information content (AvgIpc) is 3.23. The molecule has 0 radical (unpaired) electrons. The van der Waals surface area contributed by atoms with Crippen molar-refractivity contribution in [2.75, 3.05) is 14.2 Å². The van der Waals surface area contributed by atoms with Crippen LogP contribution in [0.3, 0.4) is 0 Å². The van der Waals surface area contributed by atoms with Crippen LogP contribution in [0.25, 0.3) is 11.0 Å². The predicted molar refractivity (Wildman–Crippen MR) is 93.0 cm³/mol. The molecule has 2 N–H and O–H groups in total. The van der Waals surface area contributed by atoms with Crippen molar-refractivity contribution in [3.63, 3.8) is 0 Å². The van der Waals surface area contributed by atoms with E-state index in [1.54, 1.807) is 20.4 Å². The molecule has 0 fully saturated rings. The lowest BCUT2D eigenvalue weighted by molar-refractivity contribution is 0.415. The molecule has 0 aliphatic heterocycles. The number of guanidine groups is 1. The maximum atomic E-state index is 5.30. The fraction of sp³-hybridized carbons (Fsp3) is 0.294. The third-order valence-electron chi connectivity index (χ3n) is 3.83. The van der Waals surface area contributed by atoms with Crippen molar-refractivity contribution < 1.29 is 9.15 Å². The number of aryl methyl sites for hydroxylation is 1. The van der Waals surface area contributed by atoms with Gasteiger partial charge in [0.25, 0.3) is 0 Å². The zero-order valence-corrected chi connectivity index (χ0v) is 14.0. The molecule has 0 unspecified atom stereocenters. The van der Waals surface area contributed by atoms with E-state index < -0.39 is 0 Å². The molecule has 0 aliphatic rings. The van der Waals surface area contributed by atoms with E-state index in [0.29, 0.717) is 19.0 Å². The number of benzene rings is 1. The third kappa shape index (κ3) is 3.34. The number of nitrogens with zero attached hydrogens (tertiary/aromatic N) is 3. The van der Waals surface area contributed by atoms with Crippen LogP contribution in [-0.4, -0.2) is 29.7 Å². The van der Waals surface area contributed by atoms with Crippen LogP contribution in [0.5, 0.6) is 5.75 Å². The van der Waals surface area contributed by atoms with Crippen LogP contribution < -0.4 is 15.4 Å². The Bertz CT molecular complexity index is 836. The van der Waals surface area contributed by atoms with Gasteiger partial charge in [-0.25, -0.2) is 4.98 Å². The first kappa shape index (κ1) is 15.9. The molecule has 7 heteroatoms. The van der Waals surface area contributed by atoms with Crippen LogP contribution in [0.4, 0.5) is 0 Å². The molecule has 0 atom stereocenters. The summed E-state index contributed by atoms with van der Waals surface area (Å²) >= 11 is 0. The molecule has 0 amide bonds. The van der Waals surface area contributed by atoms with Crippen molar-refractivity contribution in [1.29, 1.82) is 0 Å². The zero-order valence-electron chi connectivity index (χ0n) is 14.0. The largest absolute Gasteiger partial charge is 0.497 e. The molecule has 2 heterocycles. The van der Waals surface area contributed by atoms with Crippen molar-refractivity contribution in [3.05, 3.63) is 48.2 Å². The first-order valence-electron chi connectivity index (χ1n) is 7.67. The molecular weight excluding hydrogens is 306 g/mol. The van der Waals surface area contributed by atoms with Crippen molar-refractivity contribution in [1.82, 2.24) is 20.2 Å². The van der Waals surface area contributed by atoms with Crippen LogP contribution in [-0.2, 0) is 20.1 Å². The Morgan fingerprint density at radius 1 is 1.29 bits per heavy atom. The van der Waals surface area contributed by atoms with Gasteiger partial charge >= 0.3 is 0 Å². The summed E-state index contributed by atoms with van der Waals surface area (Å²) in [6.45, 7) is 1.14. The van der Waals surface area contributed by atoms with Crippen LogP contribution in [0, 0.1) is 0 Å². The van der Waals surface area contributed by atoms with Crippen molar-refractivity contribution >= 4 is 17.0 Å². The minimum atomic E-state index is 0.561. The number of aromatic nitrogens is 2. The number of nitrogens with one attached hydrogen (secondary N) is 2. The minimum absolute atomic E-state index is 0.561. The van der Waals surface area contributed by atoms with E-state index in [1.807, 2.05) is 37.4 Å². The highest BCUT2D eigenvalue weighted by Gasteiger charge is 2.09. The van der Waals surface area contributed by atoms with Crippen LogP contribution in [0.15, 0.2) is 46.0 Å².